The lowest BCUT2D eigenvalue weighted by Crippen LogP contribution is -1.99. The molecule has 0 aromatic rings. The summed E-state index contributed by atoms with van der Waals surface area (Å²) in [5, 5.41) is 0. The Morgan fingerprint density at radius 2 is 2.11 bits per heavy atom. The van der Waals surface area contributed by atoms with Crippen LogP contribution in [0.25, 0.3) is 0 Å². The van der Waals surface area contributed by atoms with Crippen LogP contribution in [0.2, 0.25) is 6.04 Å². The van der Waals surface area contributed by atoms with Crippen LogP contribution in [-0.2, 0) is 9.46 Å². The van der Waals surface area contributed by atoms with Crippen LogP contribution in [0.15, 0.2) is 0 Å². The van der Waals surface area contributed by atoms with Gasteiger partial charge in [-0.3, -0.25) is 4.58 Å². The number of unbranched alkanes of at least 4 members (excludes halogenated alkanes) is 1. The van der Waals surface area contributed by atoms with Crippen LogP contribution in [0, 0.1) is 0 Å². The highest BCUT2D eigenvalue weighted by molar-refractivity contribution is 6.26. The van der Waals surface area contributed by atoms with Gasteiger partial charge in [0.25, 0.3) is 0 Å². The molecule has 0 bridgehead atoms. The molecular weight excluding hydrogens is 132 g/mol. The third-order valence-electron chi connectivity index (χ3n) is 0.952. The van der Waals surface area contributed by atoms with Gasteiger partial charge < -0.3 is 0 Å². The van der Waals surface area contributed by atoms with Crippen LogP contribution in [-0.4, -0.2) is 16.4 Å². The van der Waals surface area contributed by atoms with Crippen LogP contribution < -0.4 is 0 Å². The van der Waals surface area contributed by atoms with Crippen molar-refractivity contribution in [3.8, 4) is 0 Å². The summed E-state index contributed by atoms with van der Waals surface area (Å²) in [6, 6.07) is 1.16. The van der Waals surface area contributed by atoms with E-state index in [1.54, 1.807) is 0 Å². The molecule has 0 fully saturated rings. The smallest absolute Gasteiger partial charge is 0.208 e. The minimum Gasteiger partial charge on any atom is -0.294 e. The molecule has 9 heavy (non-hydrogen) atoms. The van der Waals surface area contributed by atoms with E-state index in [4.69, 9.17) is 9.46 Å². The molecule has 0 aliphatic heterocycles. The number of hydrogen-bond donors (Lipinski definition) is 0. The lowest BCUT2D eigenvalue weighted by molar-refractivity contribution is -0.208. The summed E-state index contributed by atoms with van der Waals surface area (Å²) < 4.78 is 4.92. The van der Waals surface area contributed by atoms with Crippen molar-refractivity contribution in [2.45, 2.75) is 32.7 Å². The third-order valence-corrected chi connectivity index (χ3v) is 1.69. The highest BCUT2D eigenvalue weighted by atomic mass is 28.2. The Labute approximate surface area is 59.4 Å². The Bertz CT molecular complexity index is 44.3. The van der Waals surface area contributed by atoms with E-state index in [1.165, 1.54) is 6.42 Å². The summed E-state index contributed by atoms with van der Waals surface area (Å²) >= 11 is 0. The van der Waals surface area contributed by atoms with Crippen molar-refractivity contribution in [1.82, 2.24) is 0 Å². The van der Waals surface area contributed by atoms with E-state index in [9.17, 15) is 0 Å². The Hall–Kier alpha value is 0.137. The van der Waals surface area contributed by atoms with Crippen LogP contribution in [0.1, 0.15) is 26.7 Å². The van der Waals surface area contributed by atoms with Crippen molar-refractivity contribution >= 4 is 9.76 Å². The minimum absolute atomic E-state index is 0.328. The molecule has 0 rings (SSSR count). The highest BCUT2D eigenvalue weighted by Crippen LogP contribution is 1.88. The summed E-state index contributed by atoms with van der Waals surface area (Å²) in [4.78, 5) is 4.88. The molecule has 0 unspecified atom stereocenters. The molecule has 0 aliphatic carbocycles. The lowest BCUT2D eigenvalue weighted by atomic mass is 10.4. The molecule has 0 radical (unpaired) electrons. The molecule has 0 spiro atoms. The molecule has 0 aliphatic rings. The quantitative estimate of drug-likeness (QED) is 0.244. The normalized spacial score (nSPS) is 11.3. The van der Waals surface area contributed by atoms with E-state index in [2.05, 4.69) is 13.8 Å². The molecular formula is C6H16O2Si. The first kappa shape index (κ1) is 9.14. The van der Waals surface area contributed by atoms with Gasteiger partial charge in [-0.15, -0.1) is 0 Å². The SMILES string of the molecule is CCCCOO[SiH2]CC. The van der Waals surface area contributed by atoms with Gasteiger partial charge in [0.1, 0.15) is 0 Å². The van der Waals surface area contributed by atoms with Gasteiger partial charge in [0.05, 0.1) is 6.61 Å². The van der Waals surface area contributed by atoms with E-state index >= 15 is 0 Å². The second-order valence-corrected chi connectivity index (χ2v) is 3.64. The molecule has 0 aromatic heterocycles. The predicted molar refractivity (Wildman–Crippen MR) is 41.0 cm³/mol. The number of rotatable bonds is 6. The molecule has 0 saturated carbocycles. The Kier molecular flexibility index (Phi) is 8.26. The predicted octanol–water partition coefficient (Wildman–Crippen LogP) is 1.26. The van der Waals surface area contributed by atoms with Gasteiger partial charge in [-0.05, 0) is 12.5 Å². The second kappa shape index (κ2) is 8.14. The van der Waals surface area contributed by atoms with Crippen LogP contribution in [0.4, 0.5) is 0 Å². The maximum Gasteiger partial charge on any atom is 0.208 e. The zero-order valence-corrected chi connectivity index (χ0v) is 7.77. The van der Waals surface area contributed by atoms with Gasteiger partial charge in [-0.25, -0.2) is 4.89 Å². The summed E-state index contributed by atoms with van der Waals surface area (Å²) in [5.74, 6) is 0. The third kappa shape index (κ3) is 8.14. The molecule has 0 amide bonds. The van der Waals surface area contributed by atoms with Crippen molar-refractivity contribution < 1.29 is 9.46 Å². The fraction of sp³-hybridized carbons (Fsp3) is 1.00. The van der Waals surface area contributed by atoms with E-state index in [0.717, 1.165) is 19.1 Å². The standard InChI is InChI=1S/C6H16O2Si/c1-3-5-6-7-8-9-4-2/h3-6,9H2,1-2H3. The molecule has 2 nitrogen and oxygen atoms in total. The summed E-state index contributed by atoms with van der Waals surface area (Å²) in [7, 11) is -0.328. The molecule has 56 valence electrons. The zero-order valence-electron chi connectivity index (χ0n) is 6.35. The van der Waals surface area contributed by atoms with E-state index in [1.807, 2.05) is 0 Å². The van der Waals surface area contributed by atoms with Crippen molar-refractivity contribution in [3.05, 3.63) is 0 Å². The van der Waals surface area contributed by atoms with E-state index in [0.29, 0.717) is 0 Å². The maximum atomic E-state index is 4.92. The zero-order chi connectivity index (χ0) is 6.95. The van der Waals surface area contributed by atoms with Gasteiger partial charge in [0.2, 0.25) is 9.76 Å². The highest BCUT2D eigenvalue weighted by Gasteiger charge is 1.85. The largest absolute Gasteiger partial charge is 0.294 e. The minimum atomic E-state index is -0.328. The molecule has 0 aromatic carbocycles. The van der Waals surface area contributed by atoms with E-state index in [-0.39, 0.29) is 9.76 Å². The fourth-order valence-electron chi connectivity index (χ4n) is 0.404. The topological polar surface area (TPSA) is 18.5 Å². The molecule has 0 saturated heterocycles. The van der Waals surface area contributed by atoms with Crippen LogP contribution in [0.3, 0.4) is 0 Å². The average Bonchev–Trinajstić information content (AvgIpc) is 1.89. The summed E-state index contributed by atoms with van der Waals surface area (Å²) in [6.45, 7) is 5.03. The summed E-state index contributed by atoms with van der Waals surface area (Å²) in [5.41, 5.74) is 0. The second-order valence-electron chi connectivity index (χ2n) is 2.00. The maximum absolute atomic E-state index is 4.92. The van der Waals surface area contributed by atoms with Gasteiger partial charge in [0.15, 0.2) is 0 Å². The van der Waals surface area contributed by atoms with Gasteiger partial charge in [0, 0.05) is 0 Å². The first-order chi connectivity index (χ1) is 4.41. The lowest BCUT2D eigenvalue weighted by Gasteiger charge is -1.99. The number of hydrogen-bond acceptors (Lipinski definition) is 2. The van der Waals surface area contributed by atoms with Crippen molar-refractivity contribution in [3.63, 3.8) is 0 Å². The van der Waals surface area contributed by atoms with Gasteiger partial charge >= 0.3 is 0 Å². The van der Waals surface area contributed by atoms with Gasteiger partial charge in [-0.2, -0.15) is 0 Å². The molecule has 3 heteroatoms. The first-order valence-electron chi connectivity index (χ1n) is 3.66. The Balaban J connectivity index is 2.60. The van der Waals surface area contributed by atoms with Crippen molar-refractivity contribution in [2.75, 3.05) is 6.61 Å². The Morgan fingerprint density at radius 3 is 2.67 bits per heavy atom. The van der Waals surface area contributed by atoms with Crippen molar-refractivity contribution in [2.24, 2.45) is 0 Å². The Morgan fingerprint density at radius 1 is 1.33 bits per heavy atom. The summed E-state index contributed by atoms with van der Waals surface area (Å²) in [6.07, 6.45) is 2.29. The first-order valence-corrected chi connectivity index (χ1v) is 5.24. The van der Waals surface area contributed by atoms with E-state index < -0.39 is 0 Å². The van der Waals surface area contributed by atoms with Crippen molar-refractivity contribution in [1.29, 1.82) is 0 Å². The average molecular weight is 148 g/mol. The molecule has 0 atom stereocenters. The van der Waals surface area contributed by atoms with Crippen LogP contribution >= 0.6 is 0 Å². The monoisotopic (exact) mass is 148 g/mol. The fourth-order valence-corrected chi connectivity index (χ4v) is 0.807. The molecule has 0 N–H and O–H groups in total. The van der Waals surface area contributed by atoms with Crippen LogP contribution in [0.5, 0.6) is 0 Å². The van der Waals surface area contributed by atoms with Gasteiger partial charge in [-0.1, -0.05) is 20.3 Å². The molecule has 0 heterocycles.